The van der Waals surface area contributed by atoms with Gasteiger partial charge in [0, 0.05) is 30.5 Å². The second kappa shape index (κ2) is 7.26. The smallest absolute Gasteiger partial charge is 0.270 e. The molecule has 1 saturated heterocycles. The number of amides is 2. The molecule has 0 radical (unpaired) electrons. The van der Waals surface area contributed by atoms with Crippen LogP contribution in [0.25, 0.3) is 0 Å². The molecule has 1 aromatic heterocycles. The average molecular weight is 386 g/mol. The molecule has 2 fully saturated rings. The summed E-state index contributed by atoms with van der Waals surface area (Å²) in [5, 5.41) is 2.96. The lowest BCUT2D eigenvalue weighted by Gasteiger charge is -2.36. The number of hydrogen-bond acceptors (Lipinski definition) is 4. The molecule has 1 aliphatic heterocycles. The van der Waals surface area contributed by atoms with Gasteiger partial charge in [-0.1, -0.05) is 6.42 Å². The van der Waals surface area contributed by atoms with Gasteiger partial charge in [-0.15, -0.1) is 0 Å². The van der Waals surface area contributed by atoms with Gasteiger partial charge in [0.2, 0.25) is 5.91 Å². The molecule has 1 N–H and O–H groups in total. The summed E-state index contributed by atoms with van der Waals surface area (Å²) in [6.45, 7) is 0.411. The van der Waals surface area contributed by atoms with Crippen molar-refractivity contribution in [3.63, 3.8) is 0 Å². The van der Waals surface area contributed by atoms with Crippen molar-refractivity contribution >= 4 is 17.5 Å². The maximum atomic E-state index is 13.6. The lowest BCUT2D eigenvalue weighted by atomic mass is 9.71. The Bertz CT molecular complexity index is 888. The molecule has 2 heterocycles. The molecule has 2 amide bonds. The van der Waals surface area contributed by atoms with E-state index in [2.05, 4.69) is 15.3 Å². The van der Waals surface area contributed by atoms with Crippen LogP contribution in [0.2, 0.25) is 0 Å². The molecule has 1 aromatic carbocycles. The fourth-order valence-corrected chi connectivity index (χ4v) is 4.35. The normalized spacial score (nSPS) is 24.6. The van der Waals surface area contributed by atoms with E-state index in [1.54, 1.807) is 0 Å². The second-order valence-electron chi connectivity index (χ2n) is 7.48. The zero-order valence-electron chi connectivity index (χ0n) is 15.2. The molecule has 2 aromatic rings. The largest absolute Gasteiger partial charge is 0.348 e. The standard InChI is InChI=1S/C20H20F2N4O2/c21-13-8-14(22)10-16(9-13)26-7-5-20(19(26)28)4-1-2-15(11-20)25-18(27)17-3-6-23-12-24-17/h3,6,8-10,12,15H,1-2,4-5,7,11H2,(H,25,27)/t15-,20-/m0/s1. The van der Waals surface area contributed by atoms with E-state index in [4.69, 9.17) is 0 Å². The number of nitrogens with one attached hydrogen (secondary N) is 1. The predicted octanol–water partition coefficient (Wildman–Crippen LogP) is 2.85. The van der Waals surface area contributed by atoms with Gasteiger partial charge in [0.25, 0.3) is 5.91 Å². The number of aromatic nitrogens is 2. The summed E-state index contributed by atoms with van der Waals surface area (Å²) in [5.41, 5.74) is -0.0826. The Morgan fingerprint density at radius 1 is 1.21 bits per heavy atom. The van der Waals surface area contributed by atoms with Crippen molar-refractivity contribution in [1.82, 2.24) is 15.3 Å². The topological polar surface area (TPSA) is 75.2 Å². The van der Waals surface area contributed by atoms with Crippen molar-refractivity contribution in [2.24, 2.45) is 5.41 Å². The van der Waals surface area contributed by atoms with Gasteiger partial charge in [-0.25, -0.2) is 18.7 Å². The third-order valence-electron chi connectivity index (χ3n) is 5.67. The minimum absolute atomic E-state index is 0.126. The first-order valence-corrected chi connectivity index (χ1v) is 9.32. The zero-order chi connectivity index (χ0) is 19.7. The van der Waals surface area contributed by atoms with Crippen LogP contribution in [-0.2, 0) is 4.79 Å². The lowest BCUT2D eigenvalue weighted by Crippen LogP contribution is -2.46. The summed E-state index contributed by atoms with van der Waals surface area (Å²) in [4.78, 5) is 34.7. The highest BCUT2D eigenvalue weighted by atomic mass is 19.1. The third kappa shape index (κ3) is 3.46. The number of carbonyl (C=O) groups excluding carboxylic acids is 2. The maximum absolute atomic E-state index is 13.6. The fraction of sp³-hybridized carbons (Fsp3) is 0.400. The van der Waals surface area contributed by atoms with Crippen molar-refractivity contribution in [1.29, 1.82) is 0 Å². The molecule has 146 valence electrons. The van der Waals surface area contributed by atoms with Gasteiger partial charge in [-0.2, -0.15) is 0 Å². The van der Waals surface area contributed by atoms with Crippen LogP contribution in [0, 0.1) is 17.0 Å². The van der Waals surface area contributed by atoms with Gasteiger partial charge in [0.1, 0.15) is 23.7 Å². The van der Waals surface area contributed by atoms with E-state index < -0.39 is 17.0 Å². The van der Waals surface area contributed by atoms with Crippen molar-refractivity contribution < 1.29 is 18.4 Å². The maximum Gasteiger partial charge on any atom is 0.270 e. The minimum Gasteiger partial charge on any atom is -0.348 e. The fourth-order valence-electron chi connectivity index (χ4n) is 4.35. The Morgan fingerprint density at radius 2 is 2.00 bits per heavy atom. The molecule has 8 heteroatoms. The molecule has 1 saturated carbocycles. The Morgan fingerprint density at radius 3 is 2.71 bits per heavy atom. The first-order valence-electron chi connectivity index (χ1n) is 9.32. The quantitative estimate of drug-likeness (QED) is 0.880. The van der Waals surface area contributed by atoms with Crippen LogP contribution < -0.4 is 10.2 Å². The van der Waals surface area contributed by atoms with Gasteiger partial charge < -0.3 is 10.2 Å². The Kier molecular flexibility index (Phi) is 4.78. The molecule has 0 unspecified atom stereocenters. The number of hydrogen-bond donors (Lipinski definition) is 1. The first-order chi connectivity index (χ1) is 13.5. The lowest BCUT2D eigenvalue weighted by molar-refractivity contribution is -0.127. The molecule has 0 bridgehead atoms. The van der Waals surface area contributed by atoms with Crippen LogP contribution in [0.3, 0.4) is 0 Å². The van der Waals surface area contributed by atoms with Gasteiger partial charge in [-0.3, -0.25) is 9.59 Å². The number of anilines is 1. The van der Waals surface area contributed by atoms with Gasteiger partial charge in [0.05, 0.1) is 5.41 Å². The Hall–Kier alpha value is -2.90. The van der Waals surface area contributed by atoms with E-state index in [0.717, 1.165) is 18.9 Å². The first kappa shape index (κ1) is 18.5. The molecule has 6 nitrogen and oxygen atoms in total. The molecule has 2 aliphatic rings. The zero-order valence-corrected chi connectivity index (χ0v) is 15.2. The Labute approximate surface area is 161 Å². The van der Waals surface area contributed by atoms with Crippen LogP contribution in [0.4, 0.5) is 14.5 Å². The SMILES string of the molecule is O=C(N[C@H]1CCC[C@]2(CCN(c3cc(F)cc(F)c3)C2=O)C1)c1ccncn1. The molecule has 28 heavy (non-hydrogen) atoms. The number of nitrogens with zero attached hydrogens (tertiary/aromatic N) is 3. The van der Waals surface area contributed by atoms with E-state index in [1.807, 2.05) is 0 Å². The summed E-state index contributed by atoms with van der Waals surface area (Å²) in [6.07, 6.45) is 6.21. The van der Waals surface area contributed by atoms with Gasteiger partial charge in [-0.05, 0) is 43.9 Å². The van der Waals surface area contributed by atoms with Crippen molar-refractivity contribution in [3.8, 4) is 0 Å². The summed E-state index contributed by atoms with van der Waals surface area (Å²) < 4.78 is 27.1. The monoisotopic (exact) mass is 386 g/mol. The Balaban J connectivity index is 1.49. The molecule has 1 aliphatic carbocycles. The second-order valence-corrected chi connectivity index (χ2v) is 7.48. The van der Waals surface area contributed by atoms with Gasteiger partial charge in [0.15, 0.2) is 0 Å². The summed E-state index contributed by atoms with van der Waals surface area (Å²) in [6, 6.07) is 4.53. The van der Waals surface area contributed by atoms with Crippen LogP contribution in [0.5, 0.6) is 0 Å². The van der Waals surface area contributed by atoms with E-state index in [1.165, 1.54) is 35.6 Å². The molecular formula is C20H20F2N4O2. The average Bonchev–Trinajstić information content (AvgIpc) is 2.97. The number of carbonyl (C=O) groups is 2. The van der Waals surface area contributed by atoms with Gasteiger partial charge >= 0.3 is 0 Å². The van der Waals surface area contributed by atoms with Crippen molar-refractivity contribution in [2.45, 2.75) is 38.1 Å². The van der Waals surface area contributed by atoms with Crippen LogP contribution in [-0.4, -0.2) is 34.4 Å². The highest BCUT2D eigenvalue weighted by Gasteiger charge is 2.49. The summed E-state index contributed by atoms with van der Waals surface area (Å²) in [5.74, 6) is -1.83. The highest BCUT2D eigenvalue weighted by Crippen LogP contribution is 2.46. The van der Waals surface area contributed by atoms with E-state index in [0.29, 0.717) is 25.8 Å². The molecular weight excluding hydrogens is 366 g/mol. The van der Waals surface area contributed by atoms with E-state index in [-0.39, 0.29) is 29.2 Å². The molecule has 1 spiro atoms. The minimum atomic E-state index is -0.706. The van der Waals surface area contributed by atoms with Crippen molar-refractivity contribution in [2.75, 3.05) is 11.4 Å². The summed E-state index contributed by atoms with van der Waals surface area (Å²) >= 11 is 0. The third-order valence-corrected chi connectivity index (χ3v) is 5.67. The molecule has 4 rings (SSSR count). The number of rotatable bonds is 3. The van der Waals surface area contributed by atoms with E-state index in [9.17, 15) is 18.4 Å². The van der Waals surface area contributed by atoms with Crippen LogP contribution in [0.1, 0.15) is 42.6 Å². The van der Waals surface area contributed by atoms with Crippen LogP contribution >= 0.6 is 0 Å². The molecule has 2 atom stereocenters. The number of halogens is 2. The van der Waals surface area contributed by atoms with Crippen molar-refractivity contribution in [3.05, 3.63) is 54.1 Å². The van der Waals surface area contributed by atoms with E-state index >= 15 is 0 Å². The summed E-state index contributed by atoms with van der Waals surface area (Å²) in [7, 11) is 0. The highest BCUT2D eigenvalue weighted by molar-refractivity contribution is 6.00. The van der Waals surface area contributed by atoms with Crippen LogP contribution in [0.15, 0.2) is 36.8 Å². The predicted molar refractivity (Wildman–Crippen MR) is 97.5 cm³/mol. The number of benzene rings is 1.